The van der Waals surface area contributed by atoms with Crippen LogP contribution in [0, 0.1) is 0 Å². The second kappa shape index (κ2) is 6.04. The first-order chi connectivity index (χ1) is 6.76. The maximum Gasteiger partial charge on any atom is 0.118 e. The van der Waals surface area contributed by atoms with Crippen molar-refractivity contribution in [3.05, 3.63) is 29.8 Å². The zero-order valence-corrected chi connectivity index (χ0v) is 9.83. The number of methoxy groups -OCH3 is 1. The van der Waals surface area contributed by atoms with E-state index in [1.807, 2.05) is 24.3 Å². The summed E-state index contributed by atoms with van der Waals surface area (Å²) >= 11 is 3.31. The summed E-state index contributed by atoms with van der Waals surface area (Å²) < 4.78 is 5.05. The van der Waals surface area contributed by atoms with E-state index in [4.69, 9.17) is 4.74 Å². The molecule has 1 N–H and O–H groups in total. The van der Waals surface area contributed by atoms with Crippen LogP contribution in [-0.2, 0) is 6.42 Å². The zero-order valence-electron chi connectivity index (χ0n) is 8.24. The molecule has 14 heavy (non-hydrogen) atoms. The summed E-state index contributed by atoms with van der Waals surface area (Å²) in [6.07, 6.45) is 1.23. The average Bonchev–Trinajstić information content (AvgIpc) is 2.19. The molecule has 3 heteroatoms. The Kier molecular flexibility index (Phi) is 4.98. The summed E-state index contributed by atoms with van der Waals surface area (Å²) in [6.45, 7) is 0. The van der Waals surface area contributed by atoms with Gasteiger partial charge >= 0.3 is 0 Å². The molecule has 0 radical (unpaired) electrons. The number of alkyl halides is 1. The van der Waals surface area contributed by atoms with Crippen LogP contribution in [0.15, 0.2) is 24.3 Å². The molecule has 0 aliphatic carbocycles. The molecule has 0 aliphatic heterocycles. The lowest BCUT2D eigenvalue weighted by molar-refractivity contribution is 0.172. The van der Waals surface area contributed by atoms with E-state index in [-0.39, 0.29) is 6.10 Å². The quantitative estimate of drug-likeness (QED) is 0.823. The van der Waals surface area contributed by atoms with Gasteiger partial charge in [-0.2, -0.15) is 0 Å². The lowest BCUT2D eigenvalue weighted by Crippen LogP contribution is -2.10. The van der Waals surface area contributed by atoms with Crippen LogP contribution in [0.1, 0.15) is 12.0 Å². The highest BCUT2D eigenvalue weighted by Crippen LogP contribution is 2.13. The molecule has 0 saturated carbocycles. The highest BCUT2D eigenvalue weighted by molar-refractivity contribution is 9.09. The number of aliphatic hydroxyl groups excluding tert-OH is 1. The topological polar surface area (TPSA) is 29.5 Å². The van der Waals surface area contributed by atoms with Gasteiger partial charge in [0.25, 0.3) is 0 Å². The van der Waals surface area contributed by atoms with Crippen molar-refractivity contribution in [2.75, 3.05) is 12.4 Å². The molecule has 0 unspecified atom stereocenters. The van der Waals surface area contributed by atoms with Crippen molar-refractivity contribution >= 4 is 15.9 Å². The summed E-state index contributed by atoms with van der Waals surface area (Å²) in [5.74, 6) is 0.851. The minimum Gasteiger partial charge on any atom is -0.497 e. The van der Waals surface area contributed by atoms with Gasteiger partial charge in [-0.15, -0.1) is 0 Å². The number of hydrogen-bond donors (Lipinski definition) is 1. The maximum atomic E-state index is 9.57. The SMILES string of the molecule is COc1ccc(C[C@@H](O)CCBr)cc1. The van der Waals surface area contributed by atoms with Crippen LogP contribution >= 0.6 is 15.9 Å². The Morgan fingerprint density at radius 3 is 2.50 bits per heavy atom. The molecule has 1 atom stereocenters. The Balaban J connectivity index is 2.50. The standard InChI is InChI=1S/C11H15BrO2/c1-14-11-4-2-9(3-5-11)8-10(13)6-7-12/h2-5,10,13H,6-8H2,1H3/t10-/m0/s1. The molecule has 0 aromatic heterocycles. The maximum absolute atomic E-state index is 9.57. The van der Waals surface area contributed by atoms with E-state index in [1.165, 1.54) is 0 Å². The Hall–Kier alpha value is -0.540. The Morgan fingerprint density at radius 2 is 2.00 bits per heavy atom. The molecule has 78 valence electrons. The molecule has 1 aromatic carbocycles. The zero-order chi connectivity index (χ0) is 10.4. The molecule has 0 amide bonds. The van der Waals surface area contributed by atoms with Gasteiger partial charge in [-0.25, -0.2) is 0 Å². The monoisotopic (exact) mass is 258 g/mol. The minimum atomic E-state index is -0.261. The highest BCUT2D eigenvalue weighted by Gasteiger charge is 2.04. The van der Waals surface area contributed by atoms with Crippen molar-refractivity contribution in [2.24, 2.45) is 0 Å². The number of benzene rings is 1. The van der Waals surface area contributed by atoms with E-state index in [9.17, 15) is 5.11 Å². The van der Waals surface area contributed by atoms with Gasteiger partial charge in [-0.3, -0.25) is 0 Å². The Bertz CT molecular complexity index is 258. The fraction of sp³-hybridized carbons (Fsp3) is 0.455. The van der Waals surface area contributed by atoms with Gasteiger partial charge in [-0.05, 0) is 30.5 Å². The smallest absolute Gasteiger partial charge is 0.118 e. The average molecular weight is 259 g/mol. The van der Waals surface area contributed by atoms with E-state index in [2.05, 4.69) is 15.9 Å². The summed E-state index contributed by atoms with van der Waals surface area (Å²) in [4.78, 5) is 0. The number of rotatable bonds is 5. The number of halogens is 1. The van der Waals surface area contributed by atoms with Crippen LogP contribution in [0.5, 0.6) is 5.75 Å². The summed E-state index contributed by atoms with van der Waals surface area (Å²) in [5, 5.41) is 10.4. The van der Waals surface area contributed by atoms with Crippen LogP contribution in [0.3, 0.4) is 0 Å². The molecule has 2 nitrogen and oxygen atoms in total. The van der Waals surface area contributed by atoms with Gasteiger partial charge in [0.05, 0.1) is 13.2 Å². The van der Waals surface area contributed by atoms with Crippen molar-refractivity contribution in [3.63, 3.8) is 0 Å². The third-order valence-corrected chi connectivity index (χ3v) is 2.53. The van der Waals surface area contributed by atoms with Crippen LogP contribution < -0.4 is 4.74 Å². The van der Waals surface area contributed by atoms with Gasteiger partial charge in [0.1, 0.15) is 5.75 Å². The van der Waals surface area contributed by atoms with Crippen molar-refractivity contribution in [1.82, 2.24) is 0 Å². The van der Waals surface area contributed by atoms with Crippen molar-refractivity contribution in [2.45, 2.75) is 18.9 Å². The number of ether oxygens (including phenoxy) is 1. The highest BCUT2D eigenvalue weighted by atomic mass is 79.9. The third-order valence-electron chi connectivity index (χ3n) is 2.07. The van der Waals surface area contributed by atoms with Crippen LogP contribution in [0.4, 0.5) is 0 Å². The molecule has 0 bridgehead atoms. The van der Waals surface area contributed by atoms with E-state index in [0.29, 0.717) is 6.42 Å². The first-order valence-electron chi connectivity index (χ1n) is 4.63. The second-order valence-electron chi connectivity index (χ2n) is 3.18. The van der Waals surface area contributed by atoms with Gasteiger partial charge in [-0.1, -0.05) is 28.1 Å². The van der Waals surface area contributed by atoms with Gasteiger partial charge < -0.3 is 9.84 Å². The number of hydrogen-bond acceptors (Lipinski definition) is 2. The Morgan fingerprint density at radius 1 is 1.36 bits per heavy atom. The summed E-state index contributed by atoms with van der Waals surface area (Å²) in [5.41, 5.74) is 1.14. The third kappa shape index (κ3) is 3.68. The molecule has 0 heterocycles. The molecular weight excluding hydrogens is 244 g/mol. The van der Waals surface area contributed by atoms with Crippen molar-refractivity contribution in [1.29, 1.82) is 0 Å². The molecule has 1 rings (SSSR count). The molecule has 0 fully saturated rings. The summed E-state index contributed by atoms with van der Waals surface area (Å²) in [6, 6.07) is 7.79. The largest absolute Gasteiger partial charge is 0.497 e. The van der Waals surface area contributed by atoms with E-state index in [0.717, 1.165) is 23.1 Å². The van der Waals surface area contributed by atoms with Crippen LogP contribution in [0.2, 0.25) is 0 Å². The van der Waals surface area contributed by atoms with Gasteiger partial charge in [0, 0.05) is 5.33 Å². The Labute approximate surface area is 93.0 Å². The first-order valence-corrected chi connectivity index (χ1v) is 5.75. The molecule has 1 aromatic rings. The van der Waals surface area contributed by atoms with Crippen molar-refractivity contribution in [3.8, 4) is 5.75 Å². The lowest BCUT2D eigenvalue weighted by Gasteiger charge is -2.08. The summed E-state index contributed by atoms with van der Waals surface area (Å²) in [7, 11) is 1.65. The molecular formula is C11H15BrO2. The van der Waals surface area contributed by atoms with Gasteiger partial charge in [0.2, 0.25) is 0 Å². The predicted octanol–water partition coefficient (Wildman–Crippen LogP) is 2.38. The molecule has 0 saturated heterocycles. The van der Waals surface area contributed by atoms with Crippen LogP contribution in [-0.4, -0.2) is 23.7 Å². The van der Waals surface area contributed by atoms with Gasteiger partial charge in [0.15, 0.2) is 0 Å². The fourth-order valence-corrected chi connectivity index (χ4v) is 1.79. The predicted molar refractivity (Wildman–Crippen MR) is 61.1 cm³/mol. The first kappa shape index (κ1) is 11.5. The van der Waals surface area contributed by atoms with Crippen molar-refractivity contribution < 1.29 is 9.84 Å². The molecule has 0 spiro atoms. The van der Waals surface area contributed by atoms with E-state index < -0.39 is 0 Å². The molecule has 0 aliphatic rings. The lowest BCUT2D eigenvalue weighted by atomic mass is 10.1. The number of aliphatic hydroxyl groups is 1. The fourth-order valence-electron chi connectivity index (χ4n) is 1.26. The van der Waals surface area contributed by atoms with Crippen LogP contribution in [0.25, 0.3) is 0 Å². The van der Waals surface area contributed by atoms with E-state index >= 15 is 0 Å². The normalized spacial score (nSPS) is 12.5. The second-order valence-corrected chi connectivity index (χ2v) is 3.98. The van der Waals surface area contributed by atoms with E-state index in [1.54, 1.807) is 7.11 Å². The minimum absolute atomic E-state index is 0.261.